The first kappa shape index (κ1) is 21.4. The second kappa shape index (κ2) is 8.13. The molecule has 2 aromatic heterocycles. The van der Waals surface area contributed by atoms with E-state index < -0.39 is 16.1 Å². The van der Waals surface area contributed by atoms with Gasteiger partial charge in [-0.05, 0) is 36.1 Å². The van der Waals surface area contributed by atoms with Crippen molar-refractivity contribution in [3.63, 3.8) is 0 Å². The van der Waals surface area contributed by atoms with Crippen LogP contribution < -0.4 is 5.32 Å². The number of nitrogens with one attached hydrogen (secondary N) is 1. The Bertz CT molecular complexity index is 1460. The third-order valence-corrected chi connectivity index (χ3v) is 7.30. The third-order valence-electron chi connectivity index (χ3n) is 6.07. The predicted molar refractivity (Wildman–Crippen MR) is 128 cm³/mol. The van der Waals surface area contributed by atoms with E-state index in [9.17, 15) is 13.2 Å². The first-order valence-corrected chi connectivity index (χ1v) is 12.6. The maximum atomic E-state index is 13.6. The highest BCUT2D eigenvalue weighted by atomic mass is 32.2. The molecule has 0 aliphatic carbocycles. The first-order valence-electron chi connectivity index (χ1n) is 10.7. The molecule has 1 aliphatic rings. The number of benzene rings is 2. The lowest BCUT2D eigenvalue weighted by Crippen LogP contribution is -2.50. The highest BCUT2D eigenvalue weighted by molar-refractivity contribution is 7.88. The van der Waals surface area contributed by atoms with Gasteiger partial charge in [0, 0.05) is 18.3 Å². The number of nitrogens with zero attached hydrogens (tertiary/aromatic N) is 3. The summed E-state index contributed by atoms with van der Waals surface area (Å²) < 4.78 is 28.3. The summed E-state index contributed by atoms with van der Waals surface area (Å²) >= 11 is 0. The largest absolute Gasteiger partial charge is 0.309 e. The smallest absolute Gasteiger partial charge is 0.244 e. The number of sulfonamides is 1. The van der Waals surface area contributed by atoms with E-state index in [4.69, 9.17) is 4.98 Å². The molecule has 1 amide bonds. The second-order valence-corrected chi connectivity index (χ2v) is 10.3. The maximum Gasteiger partial charge on any atom is 0.244 e. The van der Waals surface area contributed by atoms with Gasteiger partial charge < -0.3 is 5.32 Å². The molecule has 0 saturated heterocycles. The zero-order valence-electron chi connectivity index (χ0n) is 18.4. The molecule has 1 N–H and O–H groups in total. The molecular weight excluding hydrogens is 436 g/mol. The summed E-state index contributed by atoms with van der Waals surface area (Å²) in [5, 5.41) is 3.02. The van der Waals surface area contributed by atoms with Crippen LogP contribution in [0.25, 0.3) is 16.9 Å². The van der Waals surface area contributed by atoms with Crippen LogP contribution in [0, 0.1) is 6.92 Å². The SMILES string of the molecule is Cc1cccn2c(NC(=O)C3Cc4ccccc4CN3S(C)(=O)=O)c(-c3ccccc3)nc12. The van der Waals surface area contributed by atoms with Crippen molar-refractivity contribution >= 4 is 27.4 Å². The summed E-state index contributed by atoms with van der Waals surface area (Å²) in [5.41, 5.74) is 5.11. The van der Waals surface area contributed by atoms with Crippen LogP contribution in [0.4, 0.5) is 5.82 Å². The van der Waals surface area contributed by atoms with Crippen LogP contribution in [0.1, 0.15) is 16.7 Å². The molecule has 2 aromatic carbocycles. The highest BCUT2D eigenvalue weighted by Gasteiger charge is 2.37. The van der Waals surface area contributed by atoms with Gasteiger partial charge in [-0.2, -0.15) is 4.31 Å². The molecule has 5 rings (SSSR count). The fourth-order valence-corrected chi connectivity index (χ4v) is 5.40. The molecule has 0 fully saturated rings. The van der Waals surface area contributed by atoms with Gasteiger partial charge in [0.2, 0.25) is 15.9 Å². The molecule has 33 heavy (non-hydrogen) atoms. The van der Waals surface area contributed by atoms with Gasteiger partial charge in [-0.3, -0.25) is 9.20 Å². The number of aromatic nitrogens is 2. The van der Waals surface area contributed by atoms with E-state index in [1.807, 2.05) is 84.3 Å². The van der Waals surface area contributed by atoms with Crippen LogP contribution in [0.15, 0.2) is 72.9 Å². The van der Waals surface area contributed by atoms with E-state index >= 15 is 0 Å². The minimum absolute atomic E-state index is 0.172. The fourth-order valence-electron chi connectivity index (χ4n) is 4.39. The average Bonchev–Trinajstić information content (AvgIpc) is 3.18. The second-order valence-electron chi connectivity index (χ2n) is 8.35. The molecule has 7 nitrogen and oxygen atoms in total. The van der Waals surface area contributed by atoms with Gasteiger partial charge >= 0.3 is 0 Å². The van der Waals surface area contributed by atoms with Crippen molar-refractivity contribution in [1.82, 2.24) is 13.7 Å². The van der Waals surface area contributed by atoms with Gasteiger partial charge in [-0.1, -0.05) is 60.7 Å². The van der Waals surface area contributed by atoms with Crippen molar-refractivity contribution in [1.29, 1.82) is 0 Å². The number of imidazole rings is 1. The topological polar surface area (TPSA) is 83.8 Å². The van der Waals surface area contributed by atoms with Crippen molar-refractivity contribution in [2.75, 3.05) is 11.6 Å². The Morgan fingerprint density at radius 3 is 2.42 bits per heavy atom. The Labute approximate surface area is 192 Å². The minimum atomic E-state index is -3.60. The van der Waals surface area contributed by atoms with Crippen molar-refractivity contribution in [3.05, 3.63) is 89.6 Å². The van der Waals surface area contributed by atoms with Crippen LogP contribution >= 0.6 is 0 Å². The molecule has 0 bridgehead atoms. The zero-order chi connectivity index (χ0) is 23.2. The molecular formula is C25H24N4O3S. The summed E-state index contributed by atoms with van der Waals surface area (Å²) in [5.74, 6) is 0.146. The van der Waals surface area contributed by atoms with Gasteiger partial charge in [0.25, 0.3) is 0 Å². The number of rotatable bonds is 4. The number of carbonyl (C=O) groups is 1. The monoisotopic (exact) mass is 460 g/mol. The molecule has 1 aliphatic heterocycles. The standard InChI is InChI=1S/C25H24N4O3S/c1-17-9-8-14-28-23(17)26-22(18-10-4-3-5-11-18)24(28)27-25(30)21-15-19-12-6-7-13-20(19)16-29(21)33(2,31)32/h3-14,21H,15-16H2,1-2H3,(H,27,30). The summed E-state index contributed by atoms with van der Waals surface area (Å²) in [6.07, 6.45) is 3.31. The molecule has 4 aromatic rings. The Hall–Kier alpha value is -3.49. The van der Waals surface area contributed by atoms with Crippen LogP contribution in [0.5, 0.6) is 0 Å². The number of hydrogen-bond donors (Lipinski definition) is 1. The van der Waals surface area contributed by atoms with E-state index in [1.54, 1.807) is 0 Å². The lowest BCUT2D eigenvalue weighted by molar-refractivity contribution is -0.120. The predicted octanol–water partition coefficient (Wildman–Crippen LogP) is 3.63. The van der Waals surface area contributed by atoms with Crippen LogP contribution in [0.2, 0.25) is 0 Å². The molecule has 0 saturated carbocycles. The van der Waals surface area contributed by atoms with Crippen molar-refractivity contribution in [2.45, 2.75) is 25.9 Å². The number of amides is 1. The molecule has 0 radical (unpaired) electrons. The van der Waals surface area contributed by atoms with Crippen molar-refractivity contribution in [3.8, 4) is 11.3 Å². The van der Waals surface area contributed by atoms with E-state index in [0.29, 0.717) is 17.9 Å². The maximum absolute atomic E-state index is 13.6. The van der Waals surface area contributed by atoms with E-state index in [-0.39, 0.29) is 12.5 Å². The Morgan fingerprint density at radius 2 is 1.70 bits per heavy atom. The number of fused-ring (bicyclic) bond motifs is 2. The van der Waals surface area contributed by atoms with Crippen LogP contribution in [0.3, 0.4) is 0 Å². The van der Waals surface area contributed by atoms with Crippen LogP contribution in [-0.4, -0.2) is 40.3 Å². The number of anilines is 1. The summed E-state index contributed by atoms with van der Waals surface area (Å²) in [7, 11) is -3.60. The van der Waals surface area contributed by atoms with E-state index in [2.05, 4.69) is 5.32 Å². The number of carbonyl (C=O) groups excluding carboxylic acids is 1. The molecule has 1 atom stereocenters. The zero-order valence-corrected chi connectivity index (χ0v) is 19.2. The average molecular weight is 461 g/mol. The lowest BCUT2D eigenvalue weighted by atomic mass is 9.95. The fraction of sp³-hybridized carbons (Fsp3) is 0.200. The van der Waals surface area contributed by atoms with E-state index in [0.717, 1.165) is 34.2 Å². The number of aryl methyl sites for hydroxylation is 1. The van der Waals surface area contributed by atoms with E-state index in [1.165, 1.54) is 4.31 Å². The molecule has 1 unspecified atom stereocenters. The quantitative estimate of drug-likeness (QED) is 0.504. The number of pyridine rings is 1. The lowest BCUT2D eigenvalue weighted by Gasteiger charge is -2.34. The Kier molecular flexibility index (Phi) is 5.26. The summed E-state index contributed by atoms with van der Waals surface area (Å²) in [6, 6.07) is 20.3. The van der Waals surface area contributed by atoms with Gasteiger partial charge in [-0.15, -0.1) is 0 Å². The van der Waals surface area contributed by atoms with Gasteiger partial charge in [0.15, 0.2) is 0 Å². The summed E-state index contributed by atoms with van der Waals surface area (Å²) in [6.45, 7) is 2.14. The minimum Gasteiger partial charge on any atom is -0.309 e. The third kappa shape index (κ3) is 3.92. The van der Waals surface area contributed by atoms with Gasteiger partial charge in [0.1, 0.15) is 23.2 Å². The number of hydrogen-bond acceptors (Lipinski definition) is 4. The molecule has 3 heterocycles. The molecule has 8 heteroatoms. The Balaban J connectivity index is 1.58. The van der Waals surface area contributed by atoms with Crippen LogP contribution in [-0.2, 0) is 27.8 Å². The summed E-state index contributed by atoms with van der Waals surface area (Å²) in [4.78, 5) is 18.4. The van der Waals surface area contributed by atoms with Gasteiger partial charge in [-0.25, -0.2) is 13.4 Å². The molecule has 168 valence electrons. The normalized spacial score (nSPS) is 16.5. The first-order chi connectivity index (χ1) is 15.8. The molecule has 0 spiro atoms. The van der Waals surface area contributed by atoms with Crippen molar-refractivity contribution < 1.29 is 13.2 Å². The van der Waals surface area contributed by atoms with Crippen molar-refractivity contribution in [2.24, 2.45) is 0 Å². The highest BCUT2D eigenvalue weighted by Crippen LogP contribution is 2.31. The van der Waals surface area contributed by atoms with Gasteiger partial charge in [0.05, 0.1) is 6.26 Å². The Morgan fingerprint density at radius 1 is 1.00 bits per heavy atom.